The van der Waals surface area contributed by atoms with Gasteiger partial charge in [-0.05, 0) is 130 Å². The molecule has 288 valence electrons. The van der Waals surface area contributed by atoms with Gasteiger partial charge in [-0.15, -0.1) is 0 Å². The predicted octanol–water partition coefficient (Wildman–Crippen LogP) is 6.74. The van der Waals surface area contributed by atoms with Gasteiger partial charge < -0.3 is 30.7 Å². The number of β-amino-alcohol motifs (C(OH)–C–C–N with tert-alkyl or cyclic N) is 1. The maximum Gasteiger partial charge on any atom is 0.159 e. The van der Waals surface area contributed by atoms with Gasteiger partial charge >= 0.3 is 0 Å². The third-order valence-corrected chi connectivity index (χ3v) is 16.0. The van der Waals surface area contributed by atoms with Crippen molar-refractivity contribution in [2.24, 2.45) is 39.4 Å². The average molecular weight is 719 g/mol. The largest absolute Gasteiger partial charge is 0.508 e. The van der Waals surface area contributed by atoms with Crippen LogP contribution in [0.1, 0.15) is 137 Å². The first-order chi connectivity index (χ1) is 24.2. The van der Waals surface area contributed by atoms with Crippen LogP contribution in [0.5, 0.6) is 5.75 Å². The molecule has 52 heavy (non-hydrogen) atoms. The van der Waals surface area contributed by atoms with Crippen LogP contribution in [0.3, 0.4) is 0 Å². The number of benzene rings is 1. The van der Waals surface area contributed by atoms with Gasteiger partial charge in [0.2, 0.25) is 0 Å². The zero-order chi connectivity index (χ0) is 37.8. The normalized spacial score (nSPS) is 44.0. The summed E-state index contributed by atoms with van der Waals surface area (Å²) in [4.78, 5) is 29.5. The van der Waals surface area contributed by atoms with Crippen molar-refractivity contribution in [2.45, 2.75) is 162 Å². The Hall–Kier alpha value is -2.10. The van der Waals surface area contributed by atoms with E-state index in [1.807, 2.05) is 33.9 Å². The fraction of sp³-hybridized carbons (Fsp3) is 0.773. The molecule has 3 saturated carbocycles. The lowest BCUT2D eigenvalue weighted by Crippen LogP contribution is -2.70. The Labute approximate surface area is 311 Å². The molecule has 12 atom stereocenters. The number of allylic oxidation sites excluding steroid dienone is 2. The summed E-state index contributed by atoms with van der Waals surface area (Å²) in [6.45, 7) is 18.6. The van der Waals surface area contributed by atoms with Crippen LogP contribution < -0.4 is 10.6 Å². The van der Waals surface area contributed by atoms with Gasteiger partial charge in [0, 0.05) is 42.3 Å². The summed E-state index contributed by atoms with van der Waals surface area (Å²) < 4.78 is 5.78. The van der Waals surface area contributed by atoms with Crippen molar-refractivity contribution in [3.05, 3.63) is 40.5 Å². The Morgan fingerprint density at radius 1 is 1.02 bits per heavy atom. The van der Waals surface area contributed by atoms with Gasteiger partial charge in [0.15, 0.2) is 5.78 Å². The molecule has 0 aromatic heterocycles. The zero-order valence-electron chi connectivity index (χ0n) is 33.3. The van der Waals surface area contributed by atoms with Crippen molar-refractivity contribution in [1.29, 1.82) is 0 Å². The fourth-order valence-corrected chi connectivity index (χ4v) is 13.5. The monoisotopic (exact) mass is 718 g/mol. The molecule has 0 radical (unpaired) electrons. The number of carbonyl (C=O) groups is 2. The number of Topliss-reactive ketones (excluding diaryl/α,β-unsaturated/α-hetero) is 2. The molecule has 5 N–H and O–H groups in total. The zero-order valence-corrected chi connectivity index (χ0v) is 33.3. The number of hydrogen-bond acceptors (Lipinski definition) is 8. The Morgan fingerprint density at radius 3 is 2.38 bits per heavy atom. The van der Waals surface area contributed by atoms with E-state index in [2.05, 4.69) is 51.3 Å². The molecule has 5 fully saturated rings. The van der Waals surface area contributed by atoms with Crippen LogP contribution in [-0.2, 0) is 20.9 Å². The average Bonchev–Trinajstić information content (AvgIpc) is 3.59. The minimum Gasteiger partial charge on any atom is -0.508 e. The van der Waals surface area contributed by atoms with Crippen molar-refractivity contribution in [3.63, 3.8) is 0 Å². The molecule has 0 spiro atoms. The molecule has 0 amide bonds. The highest BCUT2D eigenvalue weighted by Gasteiger charge is 2.72. The molecule has 1 aromatic carbocycles. The van der Waals surface area contributed by atoms with Gasteiger partial charge in [-0.25, -0.2) is 0 Å². The van der Waals surface area contributed by atoms with Crippen molar-refractivity contribution in [2.75, 3.05) is 13.6 Å². The quantitative estimate of drug-likeness (QED) is 0.196. The number of hydrogen-bond donors (Lipinski definition) is 5. The molecular weight excluding hydrogens is 652 g/mol. The molecule has 8 nitrogen and oxygen atoms in total. The number of rotatable bonds is 7. The van der Waals surface area contributed by atoms with E-state index in [1.54, 1.807) is 6.07 Å². The molecule has 8 heteroatoms. The third kappa shape index (κ3) is 5.88. The number of ether oxygens (including phenoxy) is 1. The second-order valence-corrected chi connectivity index (χ2v) is 20.1. The second-order valence-electron chi connectivity index (χ2n) is 20.1. The van der Waals surface area contributed by atoms with Gasteiger partial charge in [-0.1, -0.05) is 59.1 Å². The molecule has 0 bridgehead atoms. The Bertz CT molecular complexity index is 1650. The molecule has 12 unspecified atom stereocenters. The molecule has 1 aromatic rings. The number of aliphatic hydroxyl groups excluding tert-OH is 1. The fourth-order valence-electron chi connectivity index (χ4n) is 13.5. The first kappa shape index (κ1) is 38.2. The smallest absolute Gasteiger partial charge is 0.159 e. The lowest BCUT2D eigenvalue weighted by molar-refractivity contribution is -0.198. The van der Waals surface area contributed by atoms with E-state index in [0.29, 0.717) is 38.8 Å². The molecule has 2 aliphatic heterocycles. The van der Waals surface area contributed by atoms with Gasteiger partial charge in [0.05, 0.1) is 17.3 Å². The topological polar surface area (TPSA) is 131 Å². The molecular formula is C44H66N2O6. The van der Waals surface area contributed by atoms with Crippen LogP contribution in [0.25, 0.3) is 0 Å². The summed E-state index contributed by atoms with van der Waals surface area (Å²) in [5.41, 5.74) is 1.48. The lowest BCUT2D eigenvalue weighted by atomic mass is 9.34. The lowest BCUT2D eigenvalue weighted by Gasteiger charge is -2.71. The number of phenols is 1. The Morgan fingerprint density at radius 2 is 1.71 bits per heavy atom. The maximum absolute atomic E-state index is 15.2. The highest BCUT2D eigenvalue weighted by Crippen LogP contribution is 2.75. The Balaban J connectivity index is 1.33. The van der Waals surface area contributed by atoms with E-state index in [0.717, 1.165) is 55.2 Å². The number of ketones is 2. The van der Waals surface area contributed by atoms with E-state index in [1.165, 1.54) is 5.57 Å². The first-order valence-corrected chi connectivity index (χ1v) is 20.3. The van der Waals surface area contributed by atoms with Crippen molar-refractivity contribution < 1.29 is 29.6 Å². The Kier molecular flexibility index (Phi) is 9.34. The summed E-state index contributed by atoms with van der Waals surface area (Å²) in [6, 6.07) is 5.71. The highest BCUT2D eigenvalue weighted by atomic mass is 16.6. The summed E-state index contributed by atoms with van der Waals surface area (Å²) in [5, 5.41) is 40.7. The summed E-state index contributed by atoms with van der Waals surface area (Å²) >= 11 is 0. The van der Waals surface area contributed by atoms with Gasteiger partial charge in [-0.2, -0.15) is 0 Å². The number of phenolic OH excluding ortho intramolecular Hbond substituents is 1. The third-order valence-electron chi connectivity index (χ3n) is 16.0. The molecule has 4 aliphatic carbocycles. The summed E-state index contributed by atoms with van der Waals surface area (Å²) in [6.07, 6.45) is 6.71. The molecule has 6 aliphatic rings. The number of carbonyl (C=O) groups excluding carboxylic acids is 2. The minimum atomic E-state index is -0.845. The summed E-state index contributed by atoms with van der Waals surface area (Å²) in [7, 11) is 1.90. The van der Waals surface area contributed by atoms with Crippen LogP contribution in [0.4, 0.5) is 0 Å². The van der Waals surface area contributed by atoms with E-state index in [9.17, 15) is 20.1 Å². The highest BCUT2D eigenvalue weighted by molar-refractivity contribution is 6.00. The maximum atomic E-state index is 15.2. The van der Waals surface area contributed by atoms with Gasteiger partial charge in [-0.3, -0.25) is 9.59 Å². The predicted molar refractivity (Wildman–Crippen MR) is 203 cm³/mol. The number of nitrogens with one attached hydrogen (secondary N) is 2. The van der Waals surface area contributed by atoms with E-state index < -0.39 is 17.1 Å². The van der Waals surface area contributed by atoms with Gasteiger partial charge in [0.25, 0.3) is 0 Å². The summed E-state index contributed by atoms with van der Waals surface area (Å²) in [5.74, 6) is 0.624. The van der Waals surface area contributed by atoms with Crippen LogP contribution >= 0.6 is 0 Å². The SMILES string of the molecule is CNCc1cc(O)cc(C2CC3(C)C4C(CC5(C)C3CCC3=C(C(C)CC(O)C6OC6(C)C)C(=O)CC35C)NCC(C)(O)CCCCC4(C)C2=O)c1. The van der Waals surface area contributed by atoms with E-state index >= 15 is 4.79 Å². The van der Waals surface area contributed by atoms with E-state index in [4.69, 9.17) is 4.74 Å². The first-order valence-electron chi connectivity index (χ1n) is 20.3. The van der Waals surface area contributed by atoms with Crippen LogP contribution in [0.15, 0.2) is 29.3 Å². The van der Waals surface area contributed by atoms with Crippen LogP contribution in [-0.4, -0.2) is 69.9 Å². The number of fused-ring (bicyclic) bond motifs is 4. The number of aromatic hydroxyl groups is 1. The minimum absolute atomic E-state index is 0.0152. The van der Waals surface area contributed by atoms with Crippen molar-refractivity contribution >= 4 is 11.6 Å². The molecule has 2 heterocycles. The molecule has 7 rings (SSSR count). The van der Waals surface area contributed by atoms with Crippen molar-refractivity contribution in [1.82, 2.24) is 10.6 Å². The van der Waals surface area contributed by atoms with Crippen molar-refractivity contribution in [3.8, 4) is 5.75 Å². The number of epoxide rings is 1. The second kappa shape index (κ2) is 12.7. The van der Waals surface area contributed by atoms with Crippen LogP contribution in [0.2, 0.25) is 0 Å². The number of aliphatic hydroxyl groups is 2. The standard InChI is InChI=1S/C44H66N2O6/c1-25(16-32(48)38-39(2,3)52-38)35-30-12-13-34-42(6)20-29(27-17-26(23-45-9)18-28(47)19-27)37(50)41(5)15-11-10-14-40(4,51)24-46-31(36(41)42)21-44(34,8)43(30,7)22-33(35)49/h17-19,25,29,31-32,34,36,38,45-48,51H,10-16,20-24H2,1-9H3. The van der Waals surface area contributed by atoms with Crippen LogP contribution in [0, 0.1) is 39.4 Å². The molecule has 2 saturated heterocycles. The van der Waals surface area contributed by atoms with Gasteiger partial charge in [0.1, 0.15) is 17.6 Å². The van der Waals surface area contributed by atoms with E-state index in [-0.39, 0.29) is 75.0 Å².